The van der Waals surface area contributed by atoms with Crippen LogP contribution in [0.1, 0.15) is 32.3 Å². The minimum absolute atomic E-state index is 0.139. The third-order valence-corrected chi connectivity index (χ3v) is 3.66. The summed E-state index contributed by atoms with van der Waals surface area (Å²) in [6.07, 6.45) is 3.82. The lowest BCUT2D eigenvalue weighted by Crippen LogP contribution is -2.28. The molecule has 0 aromatic heterocycles. The Labute approximate surface area is 110 Å². The summed E-state index contributed by atoms with van der Waals surface area (Å²) < 4.78 is 12.9. The Morgan fingerprint density at radius 3 is 2.39 bits per heavy atom. The van der Waals surface area contributed by atoms with Crippen LogP contribution >= 0.6 is 0 Å². The fourth-order valence-electron chi connectivity index (χ4n) is 2.45. The van der Waals surface area contributed by atoms with Gasteiger partial charge in [0, 0.05) is 0 Å². The first-order chi connectivity index (χ1) is 8.65. The number of hydrogen-bond donors (Lipinski definition) is 1. The standard InChI is InChI=1S/C16H24FN/c1-12(2)10-18-11-15(14-5-6-14)9-13-3-7-16(17)8-4-13/h3-4,7-8,12,14-15,18H,5-6,9-11H2,1-2H3. The maximum absolute atomic E-state index is 12.9. The molecule has 2 rings (SSSR count). The van der Waals surface area contributed by atoms with Gasteiger partial charge in [0.2, 0.25) is 0 Å². The predicted octanol–water partition coefficient (Wildman–Crippen LogP) is 3.64. The van der Waals surface area contributed by atoms with Crippen LogP contribution in [0, 0.1) is 23.6 Å². The Kier molecular flexibility index (Phi) is 4.76. The number of nitrogens with one attached hydrogen (secondary N) is 1. The molecule has 1 fully saturated rings. The van der Waals surface area contributed by atoms with Crippen LogP contribution < -0.4 is 5.32 Å². The topological polar surface area (TPSA) is 12.0 Å². The van der Waals surface area contributed by atoms with Gasteiger partial charge in [0.1, 0.15) is 5.82 Å². The third kappa shape index (κ3) is 4.41. The zero-order chi connectivity index (χ0) is 13.0. The summed E-state index contributed by atoms with van der Waals surface area (Å²) in [6.45, 7) is 6.66. The van der Waals surface area contributed by atoms with Crippen LogP contribution in [0.5, 0.6) is 0 Å². The lowest BCUT2D eigenvalue weighted by molar-refractivity contribution is 0.407. The van der Waals surface area contributed by atoms with Gasteiger partial charge in [-0.1, -0.05) is 26.0 Å². The van der Waals surface area contributed by atoms with Gasteiger partial charge in [0.15, 0.2) is 0 Å². The Hall–Kier alpha value is -0.890. The summed E-state index contributed by atoms with van der Waals surface area (Å²) in [7, 11) is 0. The van der Waals surface area contributed by atoms with Crippen LogP contribution in [0.25, 0.3) is 0 Å². The van der Waals surface area contributed by atoms with Crippen LogP contribution in [-0.2, 0) is 6.42 Å². The van der Waals surface area contributed by atoms with Gasteiger partial charge in [-0.25, -0.2) is 4.39 Å². The van der Waals surface area contributed by atoms with E-state index < -0.39 is 0 Å². The van der Waals surface area contributed by atoms with Crippen molar-refractivity contribution in [1.82, 2.24) is 5.32 Å². The first-order valence-corrected chi connectivity index (χ1v) is 7.10. The molecule has 1 saturated carbocycles. The van der Waals surface area contributed by atoms with E-state index in [1.807, 2.05) is 12.1 Å². The van der Waals surface area contributed by atoms with Crippen molar-refractivity contribution in [2.75, 3.05) is 13.1 Å². The molecule has 0 heterocycles. The molecule has 1 nitrogen and oxygen atoms in total. The molecule has 0 bridgehead atoms. The van der Waals surface area contributed by atoms with E-state index in [1.165, 1.54) is 18.4 Å². The third-order valence-electron chi connectivity index (χ3n) is 3.66. The summed E-state index contributed by atoms with van der Waals surface area (Å²) in [5.74, 6) is 2.17. The first kappa shape index (κ1) is 13.5. The van der Waals surface area contributed by atoms with Gasteiger partial charge in [0.05, 0.1) is 0 Å². The molecule has 1 aliphatic carbocycles. The SMILES string of the molecule is CC(C)CNCC(Cc1ccc(F)cc1)C1CC1. The Bertz CT molecular complexity index is 354. The van der Waals surface area contributed by atoms with Crippen LogP contribution in [0.2, 0.25) is 0 Å². The Morgan fingerprint density at radius 1 is 1.17 bits per heavy atom. The summed E-state index contributed by atoms with van der Waals surface area (Å²) in [5.41, 5.74) is 1.26. The lowest BCUT2D eigenvalue weighted by atomic mass is 9.94. The molecule has 1 unspecified atom stereocenters. The molecule has 1 N–H and O–H groups in total. The van der Waals surface area contributed by atoms with E-state index in [0.717, 1.165) is 25.4 Å². The predicted molar refractivity (Wildman–Crippen MR) is 74.0 cm³/mol. The number of hydrogen-bond acceptors (Lipinski definition) is 1. The fourth-order valence-corrected chi connectivity index (χ4v) is 2.45. The van der Waals surface area contributed by atoms with Crippen LogP contribution in [0.15, 0.2) is 24.3 Å². The molecule has 0 spiro atoms. The second-order valence-corrected chi connectivity index (χ2v) is 5.98. The molecule has 1 atom stereocenters. The van der Waals surface area contributed by atoms with E-state index in [-0.39, 0.29) is 5.82 Å². The van der Waals surface area contributed by atoms with Gasteiger partial charge in [0.25, 0.3) is 0 Å². The Balaban J connectivity index is 1.84. The number of halogens is 1. The summed E-state index contributed by atoms with van der Waals surface area (Å²) >= 11 is 0. The second-order valence-electron chi connectivity index (χ2n) is 5.98. The largest absolute Gasteiger partial charge is 0.316 e. The van der Waals surface area contributed by atoms with Crippen molar-refractivity contribution in [3.63, 3.8) is 0 Å². The van der Waals surface area contributed by atoms with Crippen LogP contribution in [0.4, 0.5) is 4.39 Å². The van der Waals surface area contributed by atoms with Crippen molar-refractivity contribution < 1.29 is 4.39 Å². The molecule has 100 valence electrons. The highest BCUT2D eigenvalue weighted by atomic mass is 19.1. The lowest BCUT2D eigenvalue weighted by Gasteiger charge is -2.18. The molecular formula is C16H24FN. The zero-order valence-corrected chi connectivity index (χ0v) is 11.5. The van der Waals surface area contributed by atoms with Crippen LogP contribution in [0.3, 0.4) is 0 Å². The summed E-state index contributed by atoms with van der Waals surface area (Å²) in [4.78, 5) is 0. The smallest absolute Gasteiger partial charge is 0.123 e. The number of benzene rings is 1. The fraction of sp³-hybridized carbons (Fsp3) is 0.625. The number of rotatable bonds is 7. The molecule has 0 aliphatic heterocycles. The normalized spacial score (nSPS) is 17.1. The highest BCUT2D eigenvalue weighted by molar-refractivity contribution is 5.17. The quantitative estimate of drug-likeness (QED) is 0.778. The van der Waals surface area contributed by atoms with Crippen molar-refractivity contribution in [1.29, 1.82) is 0 Å². The second kappa shape index (κ2) is 6.33. The van der Waals surface area contributed by atoms with Crippen molar-refractivity contribution in [2.45, 2.75) is 33.1 Å². The highest BCUT2D eigenvalue weighted by Crippen LogP contribution is 2.38. The summed E-state index contributed by atoms with van der Waals surface area (Å²) in [5, 5.41) is 3.56. The molecule has 0 amide bonds. The van der Waals surface area contributed by atoms with E-state index >= 15 is 0 Å². The van der Waals surface area contributed by atoms with Gasteiger partial charge in [-0.2, -0.15) is 0 Å². The molecule has 2 heteroatoms. The van der Waals surface area contributed by atoms with Crippen molar-refractivity contribution in [2.24, 2.45) is 17.8 Å². The highest BCUT2D eigenvalue weighted by Gasteiger charge is 2.30. The molecule has 18 heavy (non-hydrogen) atoms. The molecule has 0 saturated heterocycles. The van der Waals surface area contributed by atoms with E-state index in [1.54, 1.807) is 12.1 Å². The van der Waals surface area contributed by atoms with Gasteiger partial charge < -0.3 is 5.32 Å². The van der Waals surface area contributed by atoms with Crippen molar-refractivity contribution in [3.8, 4) is 0 Å². The summed E-state index contributed by atoms with van der Waals surface area (Å²) in [6, 6.07) is 6.99. The maximum Gasteiger partial charge on any atom is 0.123 e. The van der Waals surface area contributed by atoms with Gasteiger partial charge in [-0.15, -0.1) is 0 Å². The van der Waals surface area contributed by atoms with E-state index in [2.05, 4.69) is 19.2 Å². The van der Waals surface area contributed by atoms with Crippen LogP contribution in [-0.4, -0.2) is 13.1 Å². The average molecular weight is 249 g/mol. The molecule has 0 radical (unpaired) electrons. The van der Waals surface area contributed by atoms with Crippen molar-refractivity contribution >= 4 is 0 Å². The van der Waals surface area contributed by atoms with Crippen molar-refractivity contribution in [3.05, 3.63) is 35.6 Å². The average Bonchev–Trinajstić information content (AvgIpc) is 3.14. The van der Waals surface area contributed by atoms with Gasteiger partial charge >= 0.3 is 0 Å². The zero-order valence-electron chi connectivity index (χ0n) is 11.5. The molecular weight excluding hydrogens is 225 g/mol. The molecule has 1 aromatic rings. The minimum Gasteiger partial charge on any atom is -0.316 e. The van der Waals surface area contributed by atoms with E-state index in [4.69, 9.17) is 0 Å². The minimum atomic E-state index is -0.139. The first-order valence-electron chi connectivity index (χ1n) is 7.10. The Morgan fingerprint density at radius 2 is 1.83 bits per heavy atom. The van der Waals surface area contributed by atoms with E-state index in [9.17, 15) is 4.39 Å². The maximum atomic E-state index is 12.9. The molecule has 1 aliphatic rings. The molecule has 1 aromatic carbocycles. The monoisotopic (exact) mass is 249 g/mol. The van der Waals surface area contributed by atoms with Gasteiger partial charge in [-0.05, 0) is 67.8 Å². The van der Waals surface area contributed by atoms with Gasteiger partial charge in [-0.3, -0.25) is 0 Å². The van der Waals surface area contributed by atoms with E-state index in [0.29, 0.717) is 11.8 Å².